The molecule has 1 atom stereocenters. The van der Waals surface area contributed by atoms with Gasteiger partial charge in [0.05, 0.1) is 6.42 Å². The van der Waals surface area contributed by atoms with Gasteiger partial charge in [0.25, 0.3) is 0 Å². The average Bonchev–Trinajstić information content (AvgIpc) is 3.28. The molecule has 1 fully saturated rings. The smallest absolute Gasteiger partial charge is 0.231 e. The normalized spacial score (nSPS) is 19.0. The van der Waals surface area contributed by atoms with E-state index < -0.39 is 0 Å². The molecule has 6 heteroatoms. The van der Waals surface area contributed by atoms with Crippen LogP contribution in [0.1, 0.15) is 37.1 Å². The molecular weight excluding hydrogens is 330 g/mol. The van der Waals surface area contributed by atoms with Crippen LogP contribution in [0.5, 0.6) is 11.5 Å². The zero-order valence-corrected chi connectivity index (χ0v) is 15.2. The molecule has 0 spiro atoms. The van der Waals surface area contributed by atoms with Crippen molar-refractivity contribution in [2.24, 2.45) is 0 Å². The van der Waals surface area contributed by atoms with E-state index in [0.717, 1.165) is 55.2 Å². The first-order valence-corrected chi connectivity index (χ1v) is 9.36. The number of hydrogen-bond donors (Lipinski definition) is 0. The highest BCUT2D eigenvalue weighted by atomic mass is 16.7. The third kappa shape index (κ3) is 3.54. The van der Waals surface area contributed by atoms with Crippen LogP contribution in [0, 0.1) is 6.92 Å². The monoisotopic (exact) mass is 355 g/mol. The van der Waals surface area contributed by atoms with Gasteiger partial charge in [0.15, 0.2) is 11.5 Å². The fraction of sp³-hybridized carbons (Fsp3) is 0.500. The van der Waals surface area contributed by atoms with Crippen molar-refractivity contribution in [2.75, 3.05) is 13.3 Å². The molecule has 1 aromatic heterocycles. The fourth-order valence-electron chi connectivity index (χ4n) is 3.88. The minimum absolute atomic E-state index is 0.205. The lowest BCUT2D eigenvalue weighted by molar-refractivity contribution is -0.134. The van der Waals surface area contributed by atoms with Gasteiger partial charge in [-0.2, -0.15) is 0 Å². The molecule has 0 radical (unpaired) electrons. The standard InChI is InChI=1S/C20H25N3O3/c1-15-21-8-11-22(15)10-7-17-4-2-3-9-23(17)20(24)13-16-5-6-18-19(12-16)26-14-25-18/h5-6,8,11-12,17H,2-4,7,9-10,13-14H2,1H3/t17-/m1/s1. The zero-order valence-electron chi connectivity index (χ0n) is 15.2. The number of aromatic nitrogens is 2. The van der Waals surface area contributed by atoms with Crippen LogP contribution in [-0.2, 0) is 17.8 Å². The summed E-state index contributed by atoms with van der Waals surface area (Å²) in [6.45, 7) is 4.04. The van der Waals surface area contributed by atoms with Gasteiger partial charge in [-0.25, -0.2) is 4.98 Å². The summed E-state index contributed by atoms with van der Waals surface area (Å²) in [6.07, 6.45) is 8.60. The Morgan fingerprint density at radius 3 is 3.00 bits per heavy atom. The molecule has 4 rings (SSSR count). The fourth-order valence-corrected chi connectivity index (χ4v) is 3.88. The lowest BCUT2D eigenvalue weighted by Gasteiger charge is -2.36. The van der Waals surface area contributed by atoms with E-state index in [2.05, 4.69) is 14.5 Å². The van der Waals surface area contributed by atoms with Gasteiger partial charge in [-0.1, -0.05) is 6.07 Å². The molecule has 1 aromatic carbocycles. The summed E-state index contributed by atoms with van der Waals surface area (Å²) in [5, 5.41) is 0. The molecule has 2 aromatic rings. The number of carbonyl (C=O) groups is 1. The largest absolute Gasteiger partial charge is 0.454 e. The Bertz CT molecular complexity index is 786. The van der Waals surface area contributed by atoms with Gasteiger partial charge in [-0.15, -0.1) is 0 Å². The van der Waals surface area contributed by atoms with Crippen molar-refractivity contribution in [1.29, 1.82) is 0 Å². The van der Waals surface area contributed by atoms with Crippen molar-refractivity contribution in [3.05, 3.63) is 42.0 Å². The summed E-state index contributed by atoms with van der Waals surface area (Å²) >= 11 is 0. The zero-order chi connectivity index (χ0) is 17.9. The summed E-state index contributed by atoms with van der Waals surface area (Å²) in [5.74, 6) is 2.73. The maximum absolute atomic E-state index is 12.9. The van der Waals surface area contributed by atoms with Crippen molar-refractivity contribution in [1.82, 2.24) is 14.5 Å². The van der Waals surface area contributed by atoms with Crippen LogP contribution < -0.4 is 9.47 Å². The molecular formula is C20H25N3O3. The molecule has 6 nitrogen and oxygen atoms in total. The van der Waals surface area contributed by atoms with Crippen molar-refractivity contribution < 1.29 is 14.3 Å². The second kappa shape index (κ2) is 7.40. The Morgan fingerprint density at radius 1 is 1.27 bits per heavy atom. The number of hydrogen-bond acceptors (Lipinski definition) is 4. The second-order valence-electron chi connectivity index (χ2n) is 7.06. The first-order valence-electron chi connectivity index (χ1n) is 9.36. The molecule has 0 N–H and O–H groups in total. The van der Waals surface area contributed by atoms with Crippen LogP contribution in [0.2, 0.25) is 0 Å². The lowest BCUT2D eigenvalue weighted by Crippen LogP contribution is -2.44. The average molecular weight is 355 g/mol. The Balaban J connectivity index is 1.40. The van der Waals surface area contributed by atoms with Crippen LogP contribution in [0.3, 0.4) is 0 Å². The summed E-state index contributed by atoms with van der Waals surface area (Å²) < 4.78 is 12.9. The molecule has 0 unspecified atom stereocenters. The van der Waals surface area contributed by atoms with Gasteiger partial charge in [0, 0.05) is 31.5 Å². The number of piperidine rings is 1. The number of carbonyl (C=O) groups excluding carboxylic acids is 1. The van der Waals surface area contributed by atoms with E-state index in [1.165, 1.54) is 6.42 Å². The van der Waals surface area contributed by atoms with Crippen molar-refractivity contribution in [3.63, 3.8) is 0 Å². The molecule has 26 heavy (non-hydrogen) atoms. The van der Waals surface area contributed by atoms with Crippen LogP contribution >= 0.6 is 0 Å². The summed E-state index contributed by atoms with van der Waals surface area (Å²) in [7, 11) is 0. The van der Waals surface area contributed by atoms with Gasteiger partial charge >= 0.3 is 0 Å². The number of benzene rings is 1. The Hall–Kier alpha value is -2.50. The van der Waals surface area contributed by atoms with E-state index in [4.69, 9.17) is 9.47 Å². The third-order valence-corrected chi connectivity index (χ3v) is 5.37. The Labute approximate surface area is 153 Å². The van der Waals surface area contributed by atoms with Crippen molar-refractivity contribution in [3.8, 4) is 11.5 Å². The van der Waals surface area contributed by atoms with Gasteiger partial charge in [0.2, 0.25) is 12.7 Å². The molecule has 3 heterocycles. The van der Waals surface area contributed by atoms with Gasteiger partial charge in [0.1, 0.15) is 5.82 Å². The first-order chi connectivity index (χ1) is 12.7. The maximum atomic E-state index is 12.9. The first kappa shape index (κ1) is 16.9. The number of ether oxygens (including phenoxy) is 2. The summed E-state index contributed by atoms with van der Waals surface area (Å²) in [6, 6.07) is 6.08. The summed E-state index contributed by atoms with van der Waals surface area (Å²) in [4.78, 5) is 19.3. The van der Waals surface area contributed by atoms with Crippen LogP contribution in [0.15, 0.2) is 30.6 Å². The van der Waals surface area contributed by atoms with Crippen LogP contribution in [-0.4, -0.2) is 39.7 Å². The highest BCUT2D eigenvalue weighted by molar-refractivity contribution is 5.79. The van der Waals surface area contributed by atoms with E-state index in [0.29, 0.717) is 12.5 Å². The number of aryl methyl sites for hydroxylation is 2. The number of fused-ring (bicyclic) bond motifs is 1. The van der Waals surface area contributed by atoms with Crippen LogP contribution in [0.4, 0.5) is 0 Å². The minimum atomic E-state index is 0.205. The number of rotatable bonds is 5. The van der Waals surface area contributed by atoms with Crippen molar-refractivity contribution in [2.45, 2.75) is 51.6 Å². The van der Waals surface area contributed by atoms with E-state index in [1.807, 2.05) is 37.5 Å². The van der Waals surface area contributed by atoms with Crippen molar-refractivity contribution >= 4 is 5.91 Å². The number of amides is 1. The highest BCUT2D eigenvalue weighted by Crippen LogP contribution is 2.33. The number of nitrogens with zero attached hydrogens (tertiary/aromatic N) is 3. The van der Waals surface area contributed by atoms with E-state index in [-0.39, 0.29) is 12.7 Å². The molecule has 138 valence electrons. The van der Waals surface area contributed by atoms with Crippen LogP contribution in [0.25, 0.3) is 0 Å². The van der Waals surface area contributed by atoms with Gasteiger partial charge < -0.3 is 18.9 Å². The maximum Gasteiger partial charge on any atom is 0.231 e. The van der Waals surface area contributed by atoms with E-state index >= 15 is 0 Å². The molecule has 1 saturated heterocycles. The Morgan fingerprint density at radius 2 is 2.15 bits per heavy atom. The molecule has 2 aliphatic rings. The van der Waals surface area contributed by atoms with E-state index in [1.54, 1.807) is 0 Å². The molecule has 0 bridgehead atoms. The molecule has 0 saturated carbocycles. The topological polar surface area (TPSA) is 56.6 Å². The lowest BCUT2D eigenvalue weighted by atomic mass is 9.98. The SMILES string of the molecule is Cc1nccn1CC[C@H]1CCCCN1C(=O)Cc1ccc2c(c1)OCO2. The molecule has 0 aliphatic carbocycles. The second-order valence-corrected chi connectivity index (χ2v) is 7.06. The molecule has 2 aliphatic heterocycles. The predicted octanol–water partition coefficient (Wildman–Crippen LogP) is 2.93. The highest BCUT2D eigenvalue weighted by Gasteiger charge is 2.27. The molecule has 1 amide bonds. The predicted molar refractivity (Wildman–Crippen MR) is 97.2 cm³/mol. The third-order valence-electron chi connectivity index (χ3n) is 5.37. The minimum Gasteiger partial charge on any atom is -0.454 e. The quantitative estimate of drug-likeness (QED) is 0.827. The van der Waals surface area contributed by atoms with Gasteiger partial charge in [-0.3, -0.25) is 4.79 Å². The van der Waals surface area contributed by atoms with Gasteiger partial charge in [-0.05, 0) is 50.3 Å². The Kier molecular flexibility index (Phi) is 4.82. The number of likely N-dealkylation sites (tertiary alicyclic amines) is 1. The van der Waals surface area contributed by atoms with E-state index in [9.17, 15) is 4.79 Å². The number of imidazole rings is 1. The summed E-state index contributed by atoms with van der Waals surface area (Å²) in [5.41, 5.74) is 0.981.